The van der Waals surface area contributed by atoms with Crippen molar-refractivity contribution in [3.05, 3.63) is 85.8 Å². The molecule has 0 amide bonds. The lowest BCUT2D eigenvalue weighted by atomic mass is 10.1. The fraction of sp³-hybridized carbons (Fsp3) is 0.105. The van der Waals surface area contributed by atoms with E-state index in [2.05, 4.69) is 9.97 Å². The molecule has 0 bridgehead atoms. The molecule has 2 N–H and O–H groups in total. The van der Waals surface area contributed by atoms with Gasteiger partial charge in [-0.1, -0.05) is 24.3 Å². The number of hydrogen-bond donors (Lipinski definition) is 2. The van der Waals surface area contributed by atoms with Crippen LogP contribution in [0.5, 0.6) is 0 Å². The fourth-order valence-corrected chi connectivity index (χ4v) is 2.93. The normalized spacial score (nSPS) is 12.7. The summed E-state index contributed by atoms with van der Waals surface area (Å²) in [4.78, 5) is 31.9. The van der Waals surface area contributed by atoms with Crippen LogP contribution >= 0.6 is 0 Å². The van der Waals surface area contributed by atoms with E-state index in [4.69, 9.17) is 0 Å². The van der Waals surface area contributed by atoms with Gasteiger partial charge in [0, 0.05) is 6.42 Å². The first-order chi connectivity index (χ1) is 12.5. The Balaban J connectivity index is 1.82. The van der Waals surface area contributed by atoms with E-state index in [1.807, 2.05) is 0 Å². The maximum atomic E-state index is 12.9. The van der Waals surface area contributed by atoms with E-state index in [0.717, 1.165) is 5.56 Å². The molecule has 0 saturated heterocycles. The zero-order chi connectivity index (χ0) is 18.3. The number of H-pyrrole nitrogens is 1. The number of fused-ring (bicyclic) bond motifs is 3. The second-order valence-electron chi connectivity index (χ2n) is 5.97. The number of aromatic amines is 1. The first kappa shape index (κ1) is 16.0. The monoisotopic (exact) mass is 351 g/mol. The van der Waals surface area contributed by atoms with E-state index in [0.29, 0.717) is 17.5 Å². The van der Waals surface area contributed by atoms with Crippen molar-refractivity contribution in [2.75, 3.05) is 0 Å². The molecule has 2 aromatic heterocycles. The van der Waals surface area contributed by atoms with Crippen LogP contribution < -0.4 is 16.3 Å². The van der Waals surface area contributed by atoms with Crippen molar-refractivity contribution in [2.45, 2.75) is 12.8 Å². The summed E-state index contributed by atoms with van der Waals surface area (Å²) in [6.07, 6.45) is 0.530. The van der Waals surface area contributed by atoms with Crippen LogP contribution in [0.25, 0.3) is 22.6 Å². The number of aliphatic hydroxyl groups excluding tert-OH is 1. The van der Waals surface area contributed by atoms with Crippen molar-refractivity contribution < 1.29 is 9.50 Å². The van der Waals surface area contributed by atoms with E-state index in [-0.39, 0.29) is 29.1 Å². The van der Waals surface area contributed by atoms with Crippen LogP contribution in [0.1, 0.15) is 12.0 Å². The smallest absolute Gasteiger partial charge is 0.308 e. The van der Waals surface area contributed by atoms with Gasteiger partial charge in [-0.3, -0.25) is 9.59 Å². The zero-order valence-corrected chi connectivity index (χ0v) is 13.6. The van der Waals surface area contributed by atoms with Crippen molar-refractivity contribution in [1.29, 1.82) is 0 Å². The van der Waals surface area contributed by atoms with Crippen LogP contribution in [0.4, 0.5) is 4.39 Å². The molecule has 0 aliphatic rings. The molecule has 0 radical (unpaired) electrons. The number of imidazole rings is 1. The van der Waals surface area contributed by atoms with E-state index < -0.39 is 11.0 Å². The average Bonchev–Trinajstić information content (AvgIpc) is 3.02. The lowest BCUT2D eigenvalue weighted by Crippen LogP contribution is -2.45. The van der Waals surface area contributed by atoms with Gasteiger partial charge in [0.15, 0.2) is 0 Å². The number of aromatic nitrogens is 3. The highest BCUT2D eigenvalue weighted by Gasteiger charge is 2.12. The van der Waals surface area contributed by atoms with Gasteiger partial charge in [0.25, 0.3) is 5.43 Å². The van der Waals surface area contributed by atoms with Gasteiger partial charge in [-0.05, 0) is 36.2 Å². The van der Waals surface area contributed by atoms with Crippen molar-refractivity contribution in [2.24, 2.45) is 0 Å². The van der Waals surface area contributed by atoms with Crippen LogP contribution in [0.3, 0.4) is 0 Å². The number of aliphatic hydroxyl groups is 1. The van der Waals surface area contributed by atoms with Gasteiger partial charge in [0.2, 0.25) is 5.78 Å². The first-order valence-corrected chi connectivity index (χ1v) is 8.04. The van der Waals surface area contributed by atoms with E-state index in [1.165, 1.54) is 16.5 Å². The number of para-hydroxylation sites is 2. The Morgan fingerprint density at radius 2 is 1.85 bits per heavy atom. The van der Waals surface area contributed by atoms with Crippen molar-refractivity contribution in [3.63, 3.8) is 0 Å². The average molecular weight is 351 g/mol. The summed E-state index contributed by atoms with van der Waals surface area (Å²) in [5.41, 5.74) is 0.315. The molecular weight excluding hydrogens is 337 g/mol. The fourth-order valence-electron chi connectivity index (χ4n) is 2.93. The molecule has 0 saturated carbocycles. The number of hydrogen-bond acceptors (Lipinski definition) is 4. The number of nitrogens with one attached hydrogen (secondary N) is 1. The van der Waals surface area contributed by atoms with Gasteiger partial charge in [0.05, 0.1) is 11.0 Å². The highest BCUT2D eigenvalue weighted by atomic mass is 19.1. The van der Waals surface area contributed by atoms with Crippen LogP contribution in [-0.4, -0.2) is 19.5 Å². The summed E-state index contributed by atoms with van der Waals surface area (Å²) >= 11 is 0. The molecule has 0 aliphatic carbocycles. The Hall–Kier alpha value is -3.48. The quantitative estimate of drug-likeness (QED) is 0.550. The molecule has 6 nitrogen and oxygen atoms in total. The van der Waals surface area contributed by atoms with Crippen molar-refractivity contribution >= 4 is 22.6 Å². The van der Waals surface area contributed by atoms with Gasteiger partial charge in [-0.25, -0.2) is 13.8 Å². The molecule has 0 spiro atoms. The van der Waals surface area contributed by atoms with E-state index >= 15 is 0 Å². The molecule has 4 rings (SSSR count). The highest BCUT2D eigenvalue weighted by Crippen LogP contribution is 2.12. The number of nitrogens with zero attached hydrogens (tertiary/aromatic N) is 2. The van der Waals surface area contributed by atoms with Gasteiger partial charge in [-0.15, -0.1) is 0 Å². The molecule has 2 aromatic carbocycles. The van der Waals surface area contributed by atoms with Crippen molar-refractivity contribution in [3.8, 4) is 0 Å². The molecule has 0 aliphatic heterocycles. The maximum Gasteiger partial charge on any atom is 0.308 e. The van der Waals surface area contributed by atoms with Crippen LogP contribution in [-0.2, 0) is 6.42 Å². The standard InChI is InChI=1S/C19H14FN3O3/c20-12-8-5-11(6-9-12)7-10-15(24)16-17(25)18(26)23-14-4-2-1-3-13(14)21-19(23)22-16/h1-6,8-9,24H,7,10H2,(H,21,22). The molecular formula is C19H14FN3O3. The van der Waals surface area contributed by atoms with Crippen LogP contribution in [0.2, 0.25) is 0 Å². The summed E-state index contributed by atoms with van der Waals surface area (Å²) in [6, 6.07) is 12.8. The first-order valence-electron chi connectivity index (χ1n) is 8.04. The molecule has 4 aromatic rings. The molecule has 2 heterocycles. The van der Waals surface area contributed by atoms with Crippen LogP contribution in [0, 0.1) is 5.82 Å². The Kier molecular flexibility index (Phi) is 3.76. The Bertz CT molecular complexity index is 1290. The van der Waals surface area contributed by atoms with Crippen molar-refractivity contribution in [1.82, 2.24) is 14.4 Å². The van der Waals surface area contributed by atoms with E-state index in [9.17, 15) is 19.1 Å². The summed E-state index contributed by atoms with van der Waals surface area (Å²) in [6.45, 7) is 0. The molecule has 0 fully saturated rings. The highest BCUT2D eigenvalue weighted by molar-refractivity contribution is 5.79. The summed E-state index contributed by atoms with van der Waals surface area (Å²) in [5.74, 6) is -0.380. The third kappa shape index (κ3) is 2.63. The minimum atomic E-state index is -0.822. The second kappa shape index (κ2) is 6.11. The number of rotatable bonds is 3. The molecule has 26 heavy (non-hydrogen) atoms. The topological polar surface area (TPSA) is 87.5 Å². The van der Waals surface area contributed by atoms with Gasteiger partial charge in [-0.2, -0.15) is 0 Å². The molecule has 7 heteroatoms. The number of aryl methyl sites for hydroxylation is 1. The predicted octanol–water partition coefficient (Wildman–Crippen LogP) is 1.69. The lowest BCUT2D eigenvalue weighted by molar-refractivity contribution is 0.474. The minimum Gasteiger partial charge on any atom is -0.510 e. The zero-order valence-electron chi connectivity index (χ0n) is 13.6. The number of halogens is 1. The minimum absolute atomic E-state index is 0.132. The lowest BCUT2D eigenvalue weighted by Gasteiger charge is -2.02. The van der Waals surface area contributed by atoms with Crippen LogP contribution in [0.15, 0.2) is 58.1 Å². The van der Waals surface area contributed by atoms with Gasteiger partial charge < -0.3 is 10.1 Å². The summed E-state index contributed by atoms with van der Waals surface area (Å²) in [7, 11) is 0. The Labute approximate surface area is 145 Å². The second-order valence-corrected chi connectivity index (χ2v) is 5.97. The predicted molar refractivity (Wildman–Crippen MR) is 95.6 cm³/mol. The van der Waals surface area contributed by atoms with E-state index in [1.54, 1.807) is 36.4 Å². The summed E-state index contributed by atoms with van der Waals surface area (Å²) < 4.78 is 14.1. The Morgan fingerprint density at radius 1 is 1.12 bits per heavy atom. The largest absolute Gasteiger partial charge is 0.510 e. The third-order valence-corrected chi connectivity index (χ3v) is 4.27. The maximum absolute atomic E-state index is 12.9. The van der Waals surface area contributed by atoms with Gasteiger partial charge in [0.1, 0.15) is 16.9 Å². The SMILES string of the molecule is O=c1c(=C(O)CCc2ccc(F)cc2)[nH]c2nc3ccccc3n2c1=O. The summed E-state index contributed by atoms with van der Waals surface area (Å²) in [5, 5.41) is 10.1. The molecule has 0 atom stereocenters. The molecule has 0 unspecified atom stereocenters. The number of benzene rings is 2. The Morgan fingerprint density at radius 3 is 2.62 bits per heavy atom. The third-order valence-electron chi connectivity index (χ3n) is 4.27. The van der Waals surface area contributed by atoms with Gasteiger partial charge >= 0.3 is 5.56 Å². The molecule has 130 valence electrons.